The second-order valence-corrected chi connectivity index (χ2v) is 10.2. The van der Waals surface area contributed by atoms with Crippen LogP contribution in [0.3, 0.4) is 0 Å². The van der Waals surface area contributed by atoms with Crippen molar-refractivity contribution in [1.29, 1.82) is 0 Å². The Balaban J connectivity index is 0.00000420. The molecule has 0 saturated heterocycles. The number of hydrogen-bond donors (Lipinski definition) is 2. The molecule has 196 valence electrons. The number of methoxy groups -OCH3 is 1. The van der Waals surface area contributed by atoms with Gasteiger partial charge in [0.25, 0.3) is 16.0 Å². The molecule has 0 fully saturated rings. The summed E-state index contributed by atoms with van der Waals surface area (Å²) >= 11 is 12.6. The van der Waals surface area contributed by atoms with Gasteiger partial charge in [-0.25, -0.2) is 0 Å². The van der Waals surface area contributed by atoms with E-state index in [1.54, 1.807) is 43.3 Å². The van der Waals surface area contributed by atoms with Crippen molar-refractivity contribution in [1.82, 2.24) is 0 Å². The first kappa shape index (κ1) is 30.8. The quantitative estimate of drug-likeness (QED) is 0.189. The standard InChI is InChI=1S/C26H21Cl2N3O6S.Na/c1-3-16-22(38(34,35)36)11-10-21(23(16)28)30-31-24-17-7-5-4-6-14(17)12-18(25(24)32)26(33)29-20-9-8-15(37-2)13-19(20)27;/h4-13,32H,3H2,1-2H3,(H,29,33)(H,34,35,36);/q;+1/p-1. The van der Waals surface area contributed by atoms with E-state index in [9.17, 15) is 22.9 Å². The Hall–Kier alpha value is -2.70. The summed E-state index contributed by atoms with van der Waals surface area (Å²) < 4.78 is 37.9. The van der Waals surface area contributed by atoms with Crippen molar-refractivity contribution in [2.24, 2.45) is 10.2 Å². The zero-order valence-corrected chi connectivity index (χ0v) is 25.4. The Morgan fingerprint density at radius 1 is 1.08 bits per heavy atom. The van der Waals surface area contributed by atoms with E-state index >= 15 is 0 Å². The van der Waals surface area contributed by atoms with Gasteiger partial charge >= 0.3 is 29.6 Å². The number of hydrogen-bond acceptors (Lipinski definition) is 7. The second kappa shape index (κ2) is 12.6. The van der Waals surface area contributed by atoms with Crippen molar-refractivity contribution in [3.63, 3.8) is 0 Å². The largest absolute Gasteiger partial charge is 1.00 e. The second-order valence-electron chi connectivity index (χ2n) is 8.03. The molecule has 0 atom stereocenters. The third-order valence-electron chi connectivity index (χ3n) is 5.71. The molecule has 4 rings (SSSR count). The van der Waals surface area contributed by atoms with Crippen LogP contribution >= 0.6 is 23.2 Å². The zero-order valence-electron chi connectivity index (χ0n) is 21.0. The number of carbonyl (C=O) groups excluding carboxylic acids is 1. The van der Waals surface area contributed by atoms with Crippen molar-refractivity contribution < 1.29 is 57.2 Å². The van der Waals surface area contributed by atoms with Gasteiger partial charge in [0.15, 0.2) is 0 Å². The van der Waals surface area contributed by atoms with Gasteiger partial charge in [0, 0.05) is 17.0 Å². The minimum atomic E-state index is -4.50. The van der Waals surface area contributed by atoms with Gasteiger partial charge in [-0.05, 0) is 47.7 Å². The predicted octanol–water partition coefficient (Wildman–Crippen LogP) is 3.71. The molecule has 1 amide bonds. The van der Waals surface area contributed by atoms with Crippen molar-refractivity contribution in [3.8, 4) is 11.5 Å². The van der Waals surface area contributed by atoms with Gasteiger partial charge in [0.2, 0.25) is 0 Å². The Morgan fingerprint density at radius 3 is 2.44 bits per heavy atom. The van der Waals surface area contributed by atoms with Crippen LogP contribution in [0.25, 0.3) is 10.8 Å². The number of amides is 1. The first-order valence-electron chi connectivity index (χ1n) is 11.1. The summed E-state index contributed by atoms with van der Waals surface area (Å²) in [5.74, 6) is -0.885. The van der Waals surface area contributed by atoms with Crippen molar-refractivity contribution in [2.45, 2.75) is 18.2 Å². The fourth-order valence-electron chi connectivity index (χ4n) is 3.83. The third kappa shape index (κ3) is 6.55. The van der Waals surface area contributed by atoms with E-state index in [0.29, 0.717) is 16.5 Å². The summed E-state index contributed by atoms with van der Waals surface area (Å²) in [6.07, 6.45) is 0.191. The molecule has 0 aliphatic rings. The van der Waals surface area contributed by atoms with E-state index in [1.807, 2.05) is 0 Å². The molecule has 0 saturated carbocycles. The number of nitrogens with one attached hydrogen (secondary N) is 1. The van der Waals surface area contributed by atoms with Crippen LogP contribution in [0, 0.1) is 0 Å². The molecular weight excluding hydrogens is 576 g/mol. The van der Waals surface area contributed by atoms with Gasteiger partial charge in [-0.3, -0.25) is 9.35 Å². The molecule has 0 aromatic heterocycles. The number of azo groups is 1. The van der Waals surface area contributed by atoms with E-state index in [-0.39, 0.29) is 79.1 Å². The molecule has 2 N–H and O–H groups in total. The Kier molecular flexibility index (Phi) is 10.0. The van der Waals surface area contributed by atoms with Crippen molar-refractivity contribution in [2.75, 3.05) is 12.4 Å². The molecule has 13 heteroatoms. The number of benzene rings is 4. The van der Waals surface area contributed by atoms with Crippen LogP contribution in [0.5, 0.6) is 11.5 Å². The van der Waals surface area contributed by atoms with Crippen LogP contribution in [-0.2, 0) is 16.5 Å². The fourth-order valence-corrected chi connectivity index (χ4v) is 5.24. The SMILES string of the molecule is CCc1c(S(=O)(=O)O)ccc(N=Nc2c([O-])c(C(=O)Nc3ccc(OC)cc3Cl)cc3ccccc23)c1Cl.[Na+]. The maximum atomic E-state index is 13.4. The summed E-state index contributed by atoms with van der Waals surface area (Å²) in [5, 5.41) is 25.4. The third-order valence-corrected chi connectivity index (χ3v) is 7.39. The molecule has 39 heavy (non-hydrogen) atoms. The van der Waals surface area contributed by atoms with Crippen LogP contribution < -0.4 is 44.7 Å². The van der Waals surface area contributed by atoms with E-state index < -0.39 is 21.8 Å². The smallest absolute Gasteiger partial charge is 0.870 e. The summed E-state index contributed by atoms with van der Waals surface area (Å²) in [7, 11) is -3.02. The molecular formula is C26H20Cl2N3NaO6S. The molecule has 0 unspecified atom stereocenters. The van der Waals surface area contributed by atoms with Crippen LogP contribution in [0.1, 0.15) is 22.8 Å². The van der Waals surface area contributed by atoms with Gasteiger partial charge in [-0.15, -0.1) is 5.11 Å². The molecule has 0 aliphatic heterocycles. The minimum absolute atomic E-state index is 0. The van der Waals surface area contributed by atoms with Crippen LogP contribution in [-0.4, -0.2) is 26.0 Å². The number of nitrogens with zero attached hydrogens (tertiary/aromatic N) is 2. The summed E-state index contributed by atoms with van der Waals surface area (Å²) in [6.45, 7) is 1.66. The predicted molar refractivity (Wildman–Crippen MR) is 144 cm³/mol. The maximum absolute atomic E-state index is 13.4. The maximum Gasteiger partial charge on any atom is 1.00 e. The Morgan fingerprint density at radius 2 is 1.79 bits per heavy atom. The van der Waals surface area contributed by atoms with Gasteiger partial charge in [-0.2, -0.15) is 13.5 Å². The molecule has 0 heterocycles. The average Bonchev–Trinajstić information content (AvgIpc) is 2.88. The summed E-state index contributed by atoms with van der Waals surface area (Å²) in [4.78, 5) is 12.8. The van der Waals surface area contributed by atoms with Crippen LogP contribution in [0.4, 0.5) is 17.1 Å². The Bertz CT molecular complexity index is 1710. The number of rotatable bonds is 7. The van der Waals surface area contributed by atoms with Gasteiger partial charge in [0.05, 0.1) is 33.4 Å². The summed E-state index contributed by atoms with van der Waals surface area (Å²) in [5.41, 5.74) is 0.223. The monoisotopic (exact) mass is 595 g/mol. The summed E-state index contributed by atoms with van der Waals surface area (Å²) in [6, 6.07) is 15.4. The zero-order chi connectivity index (χ0) is 27.6. The molecule has 4 aromatic carbocycles. The van der Waals surface area contributed by atoms with Gasteiger partial charge in [0.1, 0.15) is 11.4 Å². The van der Waals surface area contributed by atoms with E-state index in [2.05, 4.69) is 15.5 Å². The first-order chi connectivity index (χ1) is 18.0. The van der Waals surface area contributed by atoms with Gasteiger partial charge in [-0.1, -0.05) is 60.1 Å². The molecule has 0 spiro atoms. The van der Waals surface area contributed by atoms with Crippen molar-refractivity contribution in [3.05, 3.63) is 81.8 Å². The van der Waals surface area contributed by atoms with E-state index in [1.165, 1.54) is 25.3 Å². The van der Waals surface area contributed by atoms with Crippen LogP contribution in [0.2, 0.25) is 10.0 Å². The van der Waals surface area contributed by atoms with E-state index in [0.717, 1.165) is 6.07 Å². The number of fused-ring (bicyclic) bond motifs is 1. The topological polar surface area (TPSA) is 140 Å². The first-order valence-corrected chi connectivity index (χ1v) is 13.3. The van der Waals surface area contributed by atoms with Crippen molar-refractivity contribution >= 4 is 67.1 Å². The molecule has 0 bridgehead atoms. The molecule has 0 radical (unpaired) electrons. The Labute approximate surface area is 256 Å². The molecule has 9 nitrogen and oxygen atoms in total. The van der Waals surface area contributed by atoms with Gasteiger partial charge < -0.3 is 15.2 Å². The number of halogens is 2. The normalized spacial score (nSPS) is 11.4. The molecule has 4 aromatic rings. The van der Waals surface area contributed by atoms with Crippen LogP contribution in [0.15, 0.2) is 75.8 Å². The number of carbonyl (C=O) groups is 1. The van der Waals surface area contributed by atoms with E-state index in [4.69, 9.17) is 27.9 Å². The average molecular weight is 596 g/mol. The number of anilines is 1. The molecule has 0 aliphatic carbocycles. The minimum Gasteiger partial charge on any atom is -0.870 e. The fraction of sp³-hybridized carbons (Fsp3) is 0.115. The number of ether oxygens (including phenoxy) is 1.